The zero-order valence-corrected chi connectivity index (χ0v) is 15.8. The van der Waals surface area contributed by atoms with Gasteiger partial charge in [-0.15, -0.1) is 0 Å². The Morgan fingerprint density at radius 1 is 0.857 bits per heavy atom. The van der Waals surface area contributed by atoms with Gasteiger partial charge in [-0.1, -0.05) is 47.1 Å². The first-order valence-corrected chi connectivity index (χ1v) is 9.36. The molecule has 6 nitrogen and oxygen atoms in total. The van der Waals surface area contributed by atoms with Gasteiger partial charge >= 0.3 is 0 Å². The van der Waals surface area contributed by atoms with Crippen LogP contribution in [0.5, 0.6) is 0 Å². The lowest BCUT2D eigenvalue weighted by Gasteiger charge is -2.34. The molecule has 0 spiro atoms. The SMILES string of the molecule is O=C(c1ccc(Cl)cc1)N1CCN(C(=O)c2cc(-c3ccccc3)on2)CC1. The summed E-state index contributed by atoms with van der Waals surface area (Å²) in [6.07, 6.45) is 0. The van der Waals surface area contributed by atoms with Gasteiger partial charge in [0.2, 0.25) is 0 Å². The number of nitrogens with zero attached hydrogens (tertiary/aromatic N) is 3. The Hall–Kier alpha value is -3.12. The molecule has 4 rings (SSSR count). The minimum Gasteiger partial charge on any atom is -0.355 e. The second-order valence-electron chi connectivity index (χ2n) is 6.53. The Morgan fingerprint density at radius 3 is 2.11 bits per heavy atom. The number of hydrogen-bond donors (Lipinski definition) is 0. The van der Waals surface area contributed by atoms with E-state index in [0.29, 0.717) is 42.5 Å². The van der Waals surface area contributed by atoms with E-state index in [0.717, 1.165) is 5.56 Å². The van der Waals surface area contributed by atoms with E-state index in [-0.39, 0.29) is 17.5 Å². The van der Waals surface area contributed by atoms with Crippen molar-refractivity contribution in [1.82, 2.24) is 15.0 Å². The average molecular weight is 396 g/mol. The smallest absolute Gasteiger partial charge is 0.276 e. The molecule has 2 amide bonds. The first-order valence-electron chi connectivity index (χ1n) is 8.98. The van der Waals surface area contributed by atoms with E-state index < -0.39 is 0 Å². The van der Waals surface area contributed by atoms with E-state index in [1.165, 1.54) is 0 Å². The van der Waals surface area contributed by atoms with Gasteiger partial charge in [-0.05, 0) is 24.3 Å². The molecule has 1 saturated heterocycles. The minimum atomic E-state index is -0.190. The molecule has 28 heavy (non-hydrogen) atoms. The lowest BCUT2D eigenvalue weighted by atomic mass is 10.1. The third-order valence-corrected chi connectivity index (χ3v) is 4.98. The summed E-state index contributed by atoms with van der Waals surface area (Å²) in [5, 5.41) is 4.51. The van der Waals surface area contributed by atoms with Crippen LogP contribution in [0.4, 0.5) is 0 Å². The summed E-state index contributed by atoms with van der Waals surface area (Å²) in [7, 11) is 0. The molecule has 1 aliphatic heterocycles. The Bertz CT molecular complexity index is 978. The van der Waals surface area contributed by atoms with Crippen molar-refractivity contribution < 1.29 is 14.1 Å². The number of piperazine rings is 1. The van der Waals surface area contributed by atoms with Gasteiger partial charge in [0.05, 0.1) is 0 Å². The fourth-order valence-corrected chi connectivity index (χ4v) is 3.29. The summed E-state index contributed by atoms with van der Waals surface area (Å²) in [6.45, 7) is 1.84. The van der Waals surface area contributed by atoms with Gasteiger partial charge < -0.3 is 14.3 Å². The topological polar surface area (TPSA) is 66.7 Å². The quantitative estimate of drug-likeness (QED) is 0.679. The molecule has 0 radical (unpaired) electrons. The molecule has 1 aromatic heterocycles. The average Bonchev–Trinajstić information content (AvgIpc) is 3.24. The van der Waals surface area contributed by atoms with Crippen LogP contribution in [0.25, 0.3) is 11.3 Å². The van der Waals surface area contributed by atoms with E-state index in [2.05, 4.69) is 5.16 Å². The number of benzene rings is 2. The second kappa shape index (κ2) is 7.86. The maximum absolute atomic E-state index is 12.7. The second-order valence-corrected chi connectivity index (χ2v) is 6.97. The standard InChI is InChI=1S/C21H18ClN3O3/c22-17-8-6-16(7-9-17)20(26)24-10-12-25(13-11-24)21(27)18-14-19(28-23-18)15-4-2-1-3-5-15/h1-9,14H,10-13H2. The van der Waals surface area contributed by atoms with Crippen LogP contribution in [-0.2, 0) is 0 Å². The van der Waals surface area contributed by atoms with Gasteiger partial charge in [0.15, 0.2) is 11.5 Å². The van der Waals surface area contributed by atoms with E-state index in [9.17, 15) is 9.59 Å². The van der Waals surface area contributed by atoms with E-state index >= 15 is 0 Å². The minimum absolute atomic E-state index is 0.0587. The molecule has 2 heterocycles. The molecule has 0 N–H and O–H groups in total. The monoisotopic (exact) mass is 395 g/mol. The molecule has 0 saturated carbocycles. The summed E-state index contributed by atoms with van der Waals surface area (Å²) in [5.74, 6) is 0.307. The molecule has 0 bridgehead atoms. The first-order chi connectivity index (χ1) is 13.6. The number of rotatable bonds is 3. The van der Waals surface area contributed by atoms with Gasteiger partial charge in [-0.3, -0.25) is 9.59 Å². The van der Waals surface area contributed by atoms with Gasteiger partial charge in [0.1, 0.15) is 0 Å². The van der Waals surface area contributed by atoms with Crippen molar-refractivity contribution in [3.63, 3.8) is 0 Å². The zero-order chi connectivity index (χ0) is 19.5. The predicted octanol–water partition coefficient (Wildman–Crippen LogP) is 3.59. The Labute approximate surface area is 167 Å². The number of amides is 2. The highest BCUT2D eigenvalue weighted by atomic mass is 35.5. The molecule has 142 valence electrons. The van der Waals surface area contributed by atoms with Crippen LogP contribution in [0, 0.1) is 0 Å². The zero-order valence-electron chi connectivity index (χ0n) is 15.0. The van der Waals surface area contributed by atoms with Gasteiger partial charge in [0.25, 0.3) is 11.8 Å². The Kier molecular flexibility index (Phi) is 5.12. The molecular formula is C21H18ClN3O3. The number of halogens is 1. The third-order valence-electron chi connectivity index (χ3n) is 4.73. The Balaban J connectivity index is 1.38. The van der Waals surface area contributed by atoms with Gasteiger partial charge in [-0.2, -0.15) is 0 Å². The number of carbonyl (C=O) groups excluding carboxylic acids is 2. The van der Waals surface area contributed by atoms with Crippen LogP contribution < -0.4 is 0 Å². The molecule has 3 aromatic rings. The molecule has 1 aliphatic rings. The van der Waals surface area contributed by atoms with E-state index in [1.54, 1.807) is 40.1 Å². The van der Waals surface area contributed by atoms with Crippen molar-refractivity contribution in [2.75, 3.05) is 26.2 Å². The largest absolute Gasteiger partial charge is 0.355 e. The normalized spacial score (nSPS) is 14.2. The lowest BCUT2D eigenvalue weighted by molar-refractivity contribution is 0.0530. The summed E-state index contributed by atoms with van der Waals surface area (Å²) in [5.41, 5.74) is 1.73. The lowest BCUT2D eigenvalue weighted by Crippen LogP contribution is -2.50. The van der Waals surface area contributed by atoms with Crippen molar-refractivity contribution in [2.45, 2.75) is 0 Å². The van der Waals surface area contributed by atoms with Crippen molar-refractivity contribution in [3.05, 3.63) is 76.9 Å². The fraction of sp³-hybridized carbons (Fsp3) is 0.190. The van der Waals surface area contributed by atoms with Crippen LogP contribution in [0.1, 0.15) is 20.8 Å². The maximum Gasteiger partial charge on any atom is 0.276 e. The van der Waals surface area contributed by atoms with Crippen LogP contribution in [0.3, 0.4) is 0 Å². The summed E-state index contributed by atoms with van der Waals surface area (Å²) < 4.78 is 5.32. The van der Waals surface area contributed by atoms with Gasteiger partial charge in [0, 0.05) is 48.4 Å². The molecule has 0 unspecified atom stereocenters. The van der Waals surface area contributed by atoms with Crippen molar-refractivity contribution in [1.29, 1.82) is 0 Å². The van der Waals surface area contributed by atoms with Crippen LogP contribution in [0.15, 0.2) is 65.2 Å². The molecule has 1 fully saturated rings. The van der Waals surface area contributed by atoms with Crippen molar-refractivity contribution >= 4 is 23.4 Å². The molecule has 0 aliphatic carbocycles. The highest BCUT2D eigenvalue weighted by Crippen LogP contribution is 2.21. The van der Waals surface area contributed by atoms with E-state index in [1.807, 2.05) is 30.3 Å². The summed E-state index contributed by atoms with van der Waals surface area (Å²) >= 11 is 5.87. The van der Waals surface area contributed by atoms with Crippen LogP contribution in [0.2, 0.25) is 5.02 Å². The number of hydrogen-bond acceptors (Lipinski definition) is 4. The van der Waals surface area contributed by atoms with Gasteiger partial charge in [-0.25, -0.2) is 0 Å². The third kappa shape index (κ3) is 3.77. The highest BCUT2D eigenvalue weighted by molar-refractivity contribution is 6.30. The summed E-state index contributed by atoms with van der Waals surface area (Å²) in [6, 6.07) is 18.0. The molecular weight excluding hydrogens is 378 g/mol. The molecule has 2 aromatic carbocycles. The molecule has 7 heteroatoms. The fourth-order valence-electron chi connectivity index (χ4n) is 3.16. The molecule has 0 atom stereocenters. The maximum atomic E-state index is 12.7. The van der Waals surface area contributed by atoms with Crippen LogP contribution >= 0.6 is 11.6 Å². The van der Waals surface area contributed by atoms with Crippen LogP contribution in [-0.4, -0.2) is 52.9 Å². The number of aromatic nitrogens is 1. The predicted molar refractivity (Wildman–Crippen MR) is 105 cm³/mol. The van der Waals surface area contributed by atoms with Crippen molar-refractivity contribution in [3.8, 4) is 11.3 Å². The Morgan fingerprint density at radius 2 is 1.46 bits per heavy atom. The van der Waals surface area contributed by atoms with Crippen molar-refractivity contribution in [2.24, 2.45) is 0 Å². The van der Waals surface area contributed by atoms with E-state index in [4.69, 9.17) is 16.1 Å². The number of carbonyl (C=O) groups is 2. The first kappa shape index (κ1) is 18.3. The summed E-state index contributed by atoms with van der Waals surface area (Å²) in [4.78, 5) is 28.7. The highest BCUT2D eigenvalue weighted by Gasteiger charge is 2.27.